The number of halogens is 1. The van der Waals surface area contributed by atoms with Crippen LogP contribution in [0.4, 0.5) is 4.39 Å². The van der Waals surface area contributed by atoms with Gasteiger partial charge in [-0.15, -0.1) is 0 Å². The van der Waals surface area contributed by atoms with Gasteiger partial charge in [-0.3, -0.25) is 4.79 Å². The first kappa shape index (κ1) is 15.9. The van der Waals surface area contributed by atoms with Gasteiger partial charge in [0.15, 0.2) is 17.7 Å². The van der Waals surface area contributed by atoms with Crippen LogP contribution in [0.25, 0.3) is 0 Å². The minimum absolute atomic E-state index is 0.0327. The van der Waals surface area contributed by atoms with Gasteiger partial charge in [-0.2, -0.15) is 0 Å². The second-order valence-electron chi connectivity index (χ2n) is 4.14. The Balaban J connectivity index is 2.43. The Kier molecular flexibility index (Phi) is 5.92. The van der Waals surface area contributed by atoms with Crippen LogP contribution in [0.2, 0.25) is 0 Å². The summed E-state index contributed by atoms with van der Waals surface area (Å²) in [7, 11) is 1.35. The largest absolute Gasteiger partial charge is 0.494 e. The van der Waals surface area contributed by atoms with E-state index in [1.165, 1.54) is 19.2 Å². The van der Waals surface area contributed by atoms with Crippen molar-refractivity contribution in [3.63, 3.8) is 0 Å². The zero-order valence-corrected chi connectivity index (χ0v) is 10.9. The molecule has 1 aromatic carbocycles. The number of hydrogen-bond donors (Lipinski definition) is 3. The van der Waals surface area contributed by atoms with Crippen LogP contribution in [-0.4, -0.2) is 41.8 Å². The van der Waals surface area contributed by atoms with Gasteiger partial charge in [0.2, 0.25) is 5.91 Å². The van der Waals surface area contributed by atoms with Crippen molar-refractivity contribution < 1.29 is 28.9 Å². The molecule has 1 rings (SSSR count). The number of aliphatic hydroxyl groups excluding tert-OH is 1. The molecule has 6 nitrogen and oxygen atoms in total. The monoisotopic (exact) mass is 285 g/mol. The quantitative estimate of drug-likeness (QED) is 0.671. The third-order valence-electron chi connectivity index (χ3n) is 2.61. The van der Waals surface area contributed by atoms with Crippen molar-refractivity contribution >= 4 is 11.9 Å². The van der Waals surface area contributed by atoms with Crippen LogP contribution in [0.5, 0.6) is 5.75 Å². The van der Waals surface area contributed by atoms with E-state index < -0.39 is 17.9 Å². The second-order valence-corrected chi connectivity index (χ2v) is 4.14. The first-order chi connectivity index (χ1) is 9.43. The van der Waals surface area contributed by atoms with E-state index >= 15 is 0 Å². The topological polar surface area (TPSA) is 95.9 Å². The molecule has 0 aliphatic heterocycles. The number of carbonyl (C=O) groups is 2. The lowest BCUT2D eigenvalue weighted by atomic mass is 10.1. The Morgan fingerprint density at radius 3 is 2.70 bits per heavy atom. The Bertz CT molecular complexity index is 492. The number of rotatable bonds is 7. The molecule has 1 unspecified atom stereocenters. The number of carboxylic acids is 1. The van der Waals surface area contributed by atoms with Gasteiger partial charge >= 0.3 is 5.97 Å². The van der Waals surface area contributed by atoms with Crippen LogP contribution in [0.15, 0.2) is 18.2 Å². The van der Waals surface area contributed by atoms with Gasteiger partial charge in [0.05, 0.1) is 13.5 Å². The summed E-state index contributed by atoms with van der Waals surface area (Å²) >= 11 is 0. The predicted octanol–water partition coefficient (Wildman–Crippen LogP) is 0.329. The number of ether oxygens (including phenoxy) is 1. The van der Waals surface area contributed by atoms with E-state index in [1.807, 2.05) is 0 Å². The number of aliphatic carboxylic acids is 1. The molecule has 0 spiro atoms. The summed E-state index contributed by atoms with van der Waals surface area (Å²) in [6, 6.07) is 4.18. The molecule has 1 aromatic rings. The molecule has 0 saturated carbocycles. The summed E-state index contributed by atoms with van der Waals surface area (Å²) in [5, 5.41) is 19.9. The van der Waals surface area contributed by atoms with Gasteiger partial charge in [0.1, 0.15) is 0 Å². The molecule has 20 heavy (non-hydrogen) atoms. The van der Waals surface area contributed by atoms with Gasteiger partial charge in [-0.05, 0) is 17.7 Å². The molecule has 110 valence electrons. The van der Waals surface area contributed by atoms with Gasteiger partial charge in [0, 0.05) is 13.0 Å². The van der Waals surface area contributed by atoms with Gasteiger partial charge in [0.25, 0.3) is 0 Å². The van der Waals surface area contributed by atoms with Crippen LogP contribution >= 0.6 is 0 Å². The highest BCUT2D eigenvalue weighted by Crippen LogP contribution is 2.17. The highest BCUT2D eigenvalue weighted by molar-refractivity contribution is 5.78. The third-order valence-corrected chi connectivity index (χ3v) is 2.61. The average Bonchev–Trinajstić information content (AvgIpc) is 2.38. The van der Waals surface area contributed by atoms with E-state index in [2.05, 4.69) is 5.32 Å². The van der Waals surface area contributed by atoms with E-state index in [0.29, 0.717) is 5.56 Å². The van der Waals surface area contributed by atoms with Crippen LogP contribution in [0, 0.1) is 5.82 Å². The molecule has 1 amide bonds. The van der Waals surface area contributed by atoms with Crippen molar-refractivity contribution in [2.75, 3.05) is 13.7 Å². The van der Waals surface area contributed by atoms with Crippen LogP contribution < -0.4 is 10.1 Å². The number of carbonyl (C=O) groups excluding carboxylic acids is 1. The average molecular weight is 285 g/mol. The molecule has 0 aliphatic rings. The van der Waals surface area contributed by atoms with E-state index in [9.17, 15) is 14.0 Å². The number of benzene rings is 1. The summed E-state index contributed by atoms with van der Waals surface area (Å²) in [6.07, 6.45) is -1.63. The van der Waals surface area contributed by atoms with Crippen molar-refractivity contribution in [2.24, 2.45) is 0 Å². The minimum atomic E-state index is -1.51. The molecule has 3 N–H and O–H groups in total. The molecular weight excluding hydrogens is 269 g/mol. The molecular formula is C13H16FNO5. The maximum Gasteiger partial charge on any atom is 0.332 e. The number of aliphatic hydroxyl groups is 1. The van der Waals surface area contributed by atoms with Crippen LogP contribution in [0.3, 0.4) is 0 Å². The summed E-state index contributed by atoms with van der Waals surface area (Å²) in [6.45, 7) is 0.0327. The predicted molar refractivity (Wildman–Crippen MR) is 67.9 cm³/mol. The highest BCUT2D eigenvalue weighted by Gasteiger charge is 2.13. The molecule has 0 heterocycles. The molecule has 0 aliphatic carbocycles. The normalized spacial score (nSPS) is 11.8. The van der Waals surface area contributed by atoms with E-state index in [-0.39, 0.29) is 31.0 Å². The SMILES string of the molecule is COc1ccc(CC(=O)NCCC(O)C(=O)O)cc1F. The minimum Gasteiger partial charge on any atom is -0.494 e. The molecule has 0 aromatic heterocycles. The van der Waals surface area contributed by atoms with Crippen molar-refractivity contribution in [2.45, 2.75) is 18.9 Å². The fourth-order valence-corrected chi connectivity index (χ4v) is 1.54. The molecule has 7 heteroatoms. The zero-order chi connectivity index (χ0) is 15.1. The van der Waals surface area contributed by atoms with Crippen LogP contribution in [-0.2, 0) is 16.0 Å². The zero-order valence-electron chi connectivity index (χ0n) is 10.9. The lowest BCUT2D eigenvalue weighted by Crippen LogP contribution is -2.30. The van der Waals surface area contributed by atoms with Crippen molar-refractivity contribution in [1.82, 2.24) is 5.32 Å². The van der Waals surface area contributed by atoms with Gasteiger partial charge in [-0.25, -0.2) is 9.18 Å². The van der Waals surface area contributed by atoms with Crippen LogP contribution in [0.1, 0.15) is 12.0 Å². The fraction of sp³-hybridized carbons (Fsp3) is 0.385. The van der Waals surface area contributed by atoms with Crippen molar-refractivity contribution in [3.05, 3.63) is 29.6 Å². The lowest BCUT2D eigenvalue weighted by Gasteiger charge is -2.08. The summed E-state index contributed by atoms with van der Waals surface area (Å²) in [5.41, 5.74) is 0.472. The molecule has 0 fully saturated rings. The Morgan fingerprint density at radius 1 is 1.45 bits per heavy atom. The first-order valence-electron chi connectivity index (χ1n) is 5.94. The number of amides is 1. The summed E-state index contributed by atoms with van der Waals surface area (Å²) < 4.78 is 18.2. The molecule has 0 saturated heterocycles. The first-order valence-corrected chi connectivity index (χ1v) is 5.94. The van der Waals surface area contributed by atoms with E-state index in [0.717, 1.165) is 0 Å². The summed E-state index contributed by atoms with van der Waals surface area (Å²) in [5.74, 6) is -2.18. The molecule has 1 atom stereocenters. The van der Waals surface area contributed by atoms with Gasteiger partial charge < -0.3 is 20.3 Å². The maximum absolute atomic E-state index is 13.4. The molecule has 0 radical (unpaired) electrons. The van der Waals surface area contributed by atoms with Gasteiger partial charge in [-0.1, -0.05) is 6.07 Å². The highest BCUT2D eigenvalue weighted by atomic mass is 19.1. The van der Waals surface area contributed by atoms with E-state index in [4.69, 9.17) is 14.9 Å². The Morgan fingerprint density at radius 2 is 2.15 bits per heavy atom. The molecule has 0 bridgehead atoms. The van der Waals surface area contributed by atoms with E-state index in [1.54, 1.807) is 6.07 Å². The number of hydrogen-bond acceptors (Lipinski definition) is 4. The second kappa shape index (κ2) is 7.44. The third kappa shape index (κ3) is 4.85. The summed E-state index contributed by atoms with van der Waals surface area (Å²) in [4.78, 5) is 21.9. The number of methoxy groups -OCH3 is 1. The van der Waals surface area contributed by atoms with Crippen molar-refractivity contribution in [1.29, 1.82) is 0 Å². The maximum atomic E-state index is 13.4. The lowest BCUT2D eigenvalue weighted by molar-refractivity contribution is -0.147. The Labute approximate surface area is 115 Å². The van der Waals surface area contributed by atoms with Crippen molar-refractivity contribution in [3.8, 4) is 5.75 Å². The number of nitrogens with one attached hydrogen (secondary N) is 1. The smallest absolute Gasteiger partial charge is 0.332 e. The fourth-order valence-electron chi connectivity index (χ4n) is 1.54. The Hall–Kier alpha value is -2.15. The number of carboxylic acid groups (broad SMARTS) is 1. The standard InChI is InChI=1S/C13H16FNO5/c1-20-11-3-2-8(6-9(11)14)7-12(17)15-5-4-10(16)13(18)19/h2-3,6,10,16H,4-5,7H2,1H3,(H,15,17)(H,18,19).